The van der Waals surface area contributed by atoms with Gasteiger partial charge >= 0.3 is 0 Å². The Kier molecular flexibility index (Phi) is 6.93. The molecule has 5 heteroatoms. The molecular formula is C34H58N2O3. The third kappa shape index (κ3) is 4.01. The fourth-order valence-corrected chi connectivity index (χ4v) is 12.3. The number of amides is 2. The van der Waals surface area contributed by atoms with Crippen molar-refractivity contribution < 1.29 is 14.4 Å². The summed E-state index contributed by atoms with van der Waals surface area (Å²) in [6.07, 6.45) is 13.3. The third-order valence-electron chi connectivity index (χ3n) is 14.9. The summed E-state index contributed by atoms with van der Waals surface area (Å²) in [4.78, 5) is 30.9. The predicted molar refractivity (Wildman–Crippen MR) is 156 cm³/mol. The highest BCUT2D eigenvalue weighted by Gasteiger charge is 2.70. The van der Waals surface area contributed by atoms with Crippen LogP contribution in [-0.2, 0) is 14.4 Å². The normalized spacial score (nSPS) is 50.5. The standard InChI is InChI=1S/C34H58N2O3/c1-22(37)35-27-14-15-32(6)25(29(27,2)3)13-16-34(8)26(32)12-11-23-24-21-31(5,28(38)36(9)39-10)18-17-30(24,4)19-20-33(23,34)7/h23-27H,11-21H2,1-10H3,(H,35,37)/t23-,24-,25?,26-,27+,30-,31+,32+,33-,34-/m1/s1. The quantitative estimate of drug-likeness (QED) is 0.378. The van der Waals surface area contributed by atoms with E-state index in [-0.39, 0.29) is 28.7 Å². The van der Waals surface area contributed by atoms with Crippen LogP contribution in [-0.4, -0.2) is 37.1 Å². The molecule has 1 unspecified atom stereocenters. The lowest BCUT2D eigenvalue weighted by atomic mass is 9.31. The van der Waals surface area contributed by atoms with Crippen LogP contribution in [0.4, 0.5) is 0 Å². The van der Waals surface area contributed by atoms with E-state index in [9.17, 15) is 9.59 Å². The van der Waals surface area contributed by atoms with Crippen molar-refractivity contribution in [1.29, 1.82) is 0 Å². The lowest BCUT2D eigenvalue weighted by Gasteiger charge is -2.73. The van der Waals surface area contributed by atoms with E-state index >= 15 is 0 Å². The summed E-state index contributed by atoms with van der Waals surface area (Å²) in [5, 5.41) is 4.82. The summed E-state index contributed by atoms with van der Waals surface area (Å²) in [6, 6.07) is 0.280. The smallest absolute Gasteiger partial charge is 0.251 e. The first kappa shape index (κ1) is 29.4. The Bertz CT molecular complexity index is 1010. The van der Waals surface area contributed by atoms with Crippen LogP contribution in [0.3, 0.4) is 0 Å². The maximum Gasteiger partial charge on any atom is 0.251 e. The van der Waals surface area contributed by atoms with Gasteiger partial charge in [-0.25, -0.2) is 5.06 Å². The summed E-state index contributed by atoms with van der Waals surface area (Å²) in [5.41, 5.74) is 1.07. The van der Waals surface area contributed by atoms with Gasteiger partial charge in [0.15, 0.2) is 0 Å². The zero-order valence-electron chi connectivity index (χ0n) is 26.8. The largest absolute Gasteiger partial charge is 0.353 e. The summed E-state index contributed by atoms with van der Waals surface area (Å²) >= 11 is 0. The van der Waals surface area contributed by atoms with Crippen LogP contribution < -0.4 is 5.32 Å². The van der Waals surface area contributed by atoms with Crippen LogP contribution in [0.1, 0.15) is 126 Å². The zero-order chi connectivity index (χ0) is 28.8. The molecule has 5 nitrogen and oxygen atoms in total. The highest BCUT2D eigenvalue weighted by Crippen LogP contribution is 2.77. The van der Waals surface area contributed by atoms with Crippen molar-refractivity contribution in [3.05, 3.63) is 0 Å². The predicted octanol–water partition coefficient (Wildman–Crippen LogP) is 7.39. The van der Waals surface area contributed by atoms with E-state index in [0.717, 1.165) is 31.6 Å². The van der Waals surface area contributed by atoms with Gasteiger partial charge in [-0.2, -0.15) is 0 Å². The van der Waals surface area contributed by atoms with Crippen LogP contribution in [0.2, 0.25) is 0 Å². The second-order valence-electron chi connectivity index (χ2n) is 16.8. The van der Waals surface area contributed by atoms with Gasteiger partial charge in [-0.3, -0.25) is 14.4 Å². The maximum absolute atomic E-state index is 13.5. The minimum Gasteiger partial charge on any atom is -0.353 e. The second kappa shape index (κ2) is 9.20. The molecule has 0 aromatic rings. The summed E-state index contributed by atoms with van der Waals surface area (Å²) in [7, 11) is 3.38. The van der Waals surface area contributed by atoms with Crippen molar-refractivity contribution in [2.75, 3.05) is 14.2 Å². The fraction of sp³-hybridized carbons (Fsp3) is 0.941. The molecule has 222 valence electrons. The number of hydroxylamine groups is 2. The average molecular weight is 543 g/mol. The monoisotopic (exact) mass is 542 g/mol. The van der Waals surface area contributed by atoms with Gasteiger partial charge in [0, 0.05) is 25.4 Å². The Balaban J connectivity index is 1.46. The van der Waals surface area contributed by atoms with Crippen LogP contribution in [0, 0.1) is 56.2 Å². The fourth-order valence-electron chi connectivity index (χ4n) is 12.3. The van der Waals surface area contributed by atoms with Gasteiger partial charge in [0.1, 0.15) is 0 Å². The van der Waals surface area contributed by atoms with E-state index in [4.69, 9.17) is 4.84 Å². The lowest BCUT2D eigenvalue weighted by Crippen LogP contribution is -2.68. The van der Waals surface area contributed by atoms with Gasteiger partial charge < -0.3 is 5.32 Å². The summed E-state index contributed by atoms with van der Waals surface area (Å²) < 4.78 is 0. The molecule has 0 aromatic carbocycles. The molecule has 0 radical (unpaired) electrons. The molecule has 39 heavy (non-hydrogen) atoms. The Morgan fingerprint density at radius 1 is 0.769 bits per heavy atom. The molecule has 0 heterocycles. The summed E-state index contributed by atoms with van der Waals surface area (Å²) in [5.74, 6) is 2.92. The number of nitrogens with zero attached hydrogens (tertiary/aromatic N) is 1. The lowest BCUT2D eigenvalue weighted by molar-refractivity contribution is -0.247. The molecule has 5 aliphatic rings. The topological polar surface area (TPSA) is 58.6 Å². The number of rotatable bonds is 3. The van der Waals surface area contributed by atoms with Gasteiger partial charge in [0.05, 0.1) is 7.11 Å². The van der Waals surface area contributed by atoms with Crippen LogP contribution in [0.15, 0.2) is 0 Å². The van der Waals surface area contributed by atoms with Gasteiger partial charge in [-0.15, -0.1) is 0 Å². The first-order chi connectivity index (χ1) is 18.0. The average Bonchev–Trinajstić information content (AvgIpc) is 2.86. The Morgan fingerprint density at radius 3 is 2.08 bits per heavy atom. The van der Waals surface area contributed by atoms with Crippen molar-refractivity contribution in [3.8, 4) is 0 Å². The number of carbonyl (C=O) groups excluding carboxylic acids is 2. The molecule has 0 spiro atoms. The first-order valence-electron chi connectivity index (χ1n) is 16.1. The van der Waals surface area contributed by atoms with E-state index < -0.39 is 0 Å². The molecule has 1 N–H and O–H groups in total. The van der Waals surface area contributed by atoms with Crippen molar-refractivity contribution in [2.24, 2.45) is 56.2 Å². The summed E-state index contributed by atoms with van der Waals surface area (Å²) in [6.45, 7) is 19.3. The van der Waals surface area contributed by atoms with E-state index in [1.165, 1.54) is 50.0 Å². The van der Waals surface area contributed by atoms with Gasteiger partial charge in [0.2, 0.25) is 5.91 Å². The molecule has 0 aromatic heterocycles. The molecule has 5 saturated carbocycles. The molecule has 0 aliphatic heterocycles. The number of nitrogens with one attached hydrogen (secondary N) is 1. The number of hydrogen-bond donors (Lipinski definition) is 1. The minimum atomic E-state index is -0.333. The number of carbonyl (C=O) groups is 2. The molecule has 5 aliphatic carbocycles. The van der Waals surface area contributed by atoms with Crippen molar-refractivity contribution >= 4 is 11.8 Å². The number of fused-ring (bicyclic) bond motifs is 7. The van der Waals surface area contributed by atoms with E-state index in [1.54, 1.807) is 21.1 Å². The van der Waals surface area contributed by atoms with Crippen molar-refractivity contribution in [2.45, 2.75) is 132 Å². The van der Waals surface area contributed by atoms with Gasteiger partial charge in [0.25, 0.3) is 5.91 Å². The molecule has 5 rings (SSSR count). The van der Waals surface area contributed by atoms with Crippen LogP contribution in [0.25, 0.3) is 0 Å². The highest BCUT2D eigenvalue weighted by atomic mass is 16.7. The van der Waals surface area contributed by atoms with E-state index in [2.05, 4.69) is 53.8 Å². The van der Waals surface area contributed by atoms with Crippen molar-refractivity contribution in [3.63, 3.8) is 0 Å². The molecule has 0 saturated heterocycles. The van der Waals surface area contributed by atoms with Crippen LogP contribution in [0.5, 0.6) is 0 Å². The second-order valence-corrected chi connectivity index (χ2v) is 16.8. The molecule has 2 amide bonds. The van der Waals surface area contributed by atoms with Gasteiger partial charge in [-0.05, 0) is 121 Å². The van der Waals surface area contributed by atoms with Gasteiger partial charge in [-0.1, -0.05) is 48.5 Å². The van der Waals surface area contributed by atoms with Crippen LogP contribution >= 0.6 is 0 Å². The molecule has 10 atom stereocenters. The maximum atomic E-state index is 13.5. The van der Waals surface area contributed by atoms with E-state index in [0.29, 0.717) is 39.4 Å². The molecular weight excluding hydrogens is 484 g/mol. The zero-order valence-corrected chi connectivity index (χ0v) is 26.8. The number of hydrogen-bond acceptors (Lipinski definition) is 3. The van der Waals surface area contributed by atoms with Crippen molar-refractivity contribution in [1.82, 2.24) is 10.4 Å². The molecule has 5 fully saturated rings. The SMILES string of the molecule is CON(C)C(=O)[C@@]1(C)CC[C@]2(C)CC[C@]3(C)[C@H](CC[C@@H]4[C@@]5(C)CC[C@H](NC(C)=O)C(C)(C)C5CC[C@]43C)[C@H]2C1. The highest BCUT2D eigenvalue weighted by molar-refractivity contribution is 5.81. The Morgan fingerprint density at radius 2 is 1.44 bits per heavy atom. The molecule has 0 bridgehead atoms. The minimum absolute atomic E-state index is 0.113. The third-order valence-corrected chi connectivity index (χ3v) is 14.9. The Hall–Kier alpha value is -1.10. The Labute approximate surface area is 238 Å². The van der Waals surface area contributed by atoms with E-state index in [1.807, 2.05) is 0 Å². The first-order valence-corrected chi connectivity index (χ1v) is 16.1.